The first-order valence-corrected chi connectivity index (χ1v) is 42.9. The fourth-order valence-electron chi connectivity index (χ4n) is 10.7. The third-order valence-electron chi connectivity index (χ3n) is 18.0. The Kier molecular flexibility index (Phi) is 66.2. The zero-order chi connectivity index (χ0) is 104. The number of aromatic nitrogens is 4. The van der Waals surface area contributed by atoms with Crippen LogP contribution in [0.5, 0.6) is 11.5 Å². The van der Waals surface area contributed by atoms with Crippen LogP contribution in [0.25, 0.3) is 0 Å². The van der Waals surface area contributed by atoms with Gasteiger partial charge in [-0.15, -0.1) is 0 Å². The Hall–Kier alpha value is -16.8. The molecule has 30 nitrogen and oxygen atoms in total. The molecule has 0 saturated carbocycles. The van der Waals surface area contributed by atoms with Crippen molar-refractivity contribution in [3.8, 4) is 11.5 Å². The van der Waals surface area contributed by atoms with Gasteiger partial charge >= 0.3 is 6.18 Å². The number of carbonyl (C=O) groups is 12. The lowest BCUT2D eigenvalue weighted by Crippen LogP contribution is -2.35. The van der Waals surface area contributed by atoms with Gasteiger partial charge in [0.2, 0.25) is 76.9 Å². The molecule has 12 amide bonds. The van der Waals surface area contributed by atoms with E-state index in [2.05, 4.69) is 68.5 Å². The van der Waals surface area contributed by atoms with Crippen molar-refractivity contribution in [2.45, 2.75) is 118 Å². The van der Waals surface area contributed by atoms with Crippen molar-refractivity contribution in [2.75, 3.05) is 41.9 Å². The first-order chi connectivity index (χ1) is 67.5. The molecule has 0 bridgehead atoms. The summed E-state index contributed by atoms with van der Waals surface area (Å²) in [7, 11) is 8.36. The van der Waals surface area contributed by atoms with E-state index in [1.807, 2.05) is 180 Å². The van der Waals surface area contributed by atoms with Gasteiger partial charge in [-0.25, -0.2) is 13.2 Å². The number of rotatable bonds is 39. The van der Waals surface area contributed by atoms with Gasteiger partial charge in [-0.3, -0.25) is 77.5 Å². The molecule has 140 heavy (non-hydrogen) atoms. The van der Waals surface area contributed by atoms with Crippen LogP contribution >= 0.6 is 0 Å². The predicted molar refractivity (Wildman–Crippen MR) is 523 cm³/mol. The Bertz CT molecular complexity index is 5250. The maximum Gasteiger partial charge on any atom is 0.416 e. The first-order valence-electron chi connectivity index (χ1n) is 42.9. The minimum absolute atomic E-state index is 0.238. The lowest BCUT2D eigenvalue weighted by atomic mass is 9.95. The highest BCUT2D eigenvalue weighted by molar-refractivity contribution is 5.52. The van der Waals surface area contributed by atoms with Gasteiger partial charge < -0.3 is 71.6 Å². The second-order valence-corrected chi connectivity index (χ2v) is 29.6. The van der Waals surface area contributed by atoms with Gasteiger partial charge in [0.15, 0.2) is 0 Å². The molecule has 8 aromatic carbocycles. The highest BCUT2D eigenvalue weighted by Gasteiger charge is 2.30. The number of hydrogen-bond donors (Lipinski definition) is 8. The van der Waals surface area contributed by atoms with Gasteiger partial charge in [-0.2, -0.15) is 13.2 Å². The van der Waals surface area contributed by atoms with Crippen molar-refractivity contribution < 1.29 is 93.4 Å². The van der Waals surface area contributed by atoms with Gasteiger partial charge in [-0.05, 0) is 211 Å². The molecule has 0 aliphatic rings. The zero-order valence-corrected chi connectivity index (χ0v) is 79.7. The molecule has 12 aromatic rings. The van der Waals surface area contributed by atoms with E-state index in [4.69, 9.17) is 9.47 Å². The lowest BCUT2D eigenvalue weighted by Gasteiger charge is -2.24. The number of methoxy groups -OCH3 is 2. The standard InChI is InChI=1S/C10H12FNO.C9H8F3NO.C9H10FNO.C9H12N2O.2C9H11NO2.2C9H11NO.C8H8FNO.2C8H10N2O.C7H8N2O/c1-10(2,12-7-13)8-3-5-9(11)6-4-8;10-9(11,12)8-3-1-7(2-4-8)5-13-6-14;1-11(7-12)6-8-3-2-4-9(10)5-8;1-2-11(8-12)7-9-3-5-10-6-4-9;1-12-9-4-2-8(3-5-9)6-10-7-11;1-12-9-4-2-3-8(5-9)6-10-7-11;1-8-2-4-9(5-3-8)6-10-7-11;1-8-3-2-4-9(5-8)6-10-7-11;9-8-3-1-2-7(4-8)5-10-6-11;1-10(7-11)6-8-2-4-9-5-3-8;1-10(7-11)6-8-4-2-3-5-9-8;10-6-9-5-7-2-1-3-8-4-7/h3-7H,1-2H3,(H,12,13);1-4,6H,5H2,(H,13,14);2-5,7H,6H2,1H3;3-6,8H,2,7H2,1H3;2*2-5,7H,6H2,1H3,(H,10,11);2*2-5,7H,6H2,1H3,(H,10,11);1-4,6H,5H2,(H,10,11);2*2-5,7H,6H2,1H3;1-4,6H,5H2,(H,9,10). The molecule has 12 rings (SSSR count). The van der Waals surface area contributed by atoms with E-state index < -0.39 is 17.3 Å². The summed E-state index contributed by atoms with van der Waals surface area (Å²) in [5, 5.41) is 20.4. The normalized spacial score (nSPS) is 9.54. The molecule has 8 N–H and O–H groups in total. The third-order valence-corrected chi connectivity index (χ3v) is 18.0. The Labute approximate surface area is 813 Å². The van der Waals surface area contributed by atoms with E-state index in [0.29, 0.717) is 129 Å². The molecule has 0 unspecified atom stereocenters. The van der Waals surface area contributed by atoms with Crippen LogP contribution < -0.4 is 52.0 Å². The smallest absolute Gasteiger partial charge is 0.416 e. The molecule has 36 heteroatoms. The highest BCUT2D eigenvalue weighted by atomic mass is 19.4. The molecular weight excluding hydrogens is 1810 g/mol. The molecule has 0 saturated heterocycles. The molecule has 0 atom stereocenters. The van der Waals surface area contributed by atoms with E-state index in [9.17, 15) is 83.9 Å². The molecule has 4 aromatic heterocycles. The number of aryl methyl sites for hydroxylation is 2. The van der Waals surface area contributed by atoms with E-state index in [-0.39, 0.29) is 24.0 Å². The van der Waals surface area contributed by atoms with Crippen LogP contribution in [0.1, 0.15) is 104 Å². The lowest BCUT2D eigenvalue weighted by molar-refractivity contribution is -0.137. The van der Waals surface area contributed by atoms with Crippen molar-refractivity contribution in [1.82, 2.24) is 82.1 Å². The number of benzene rings is 8. The maximum atomic E-state index is 12.6. The number of nitrogens with one attached hydrogen (secondary N) is 8. The average molecular weight is 1930 g/mol. The molecule has 0 radical (unpaired) electrons. The summed E-state index contributed by atoms with van der Waals surface area (Å²) in [5.41, 5.74) is 12.8. The number of carbonyl (C=O) groups excluding carboxylic acids is 12. The van der Waals surface area contributed by atoms with E-state index >= 15 is 0 Å². The van der Waals surface area contributed by atoms with E-state index in [0.717, 1.165) is 111 Å². The van der Waals surface area contributed by atoms with E-state index in [1.165, 1.54) is 64.6 Å². The van der Waals surface area contributed by atoms with Crippen molar-refractivity contribution in [3.63, 3.8) is 0 Å². The van der Waals surface area contributed by atoms with Gasteiger partial charge in [0.1, 0.15) is 29.0 Å². The summed E-state index contributed by atoms with van der Waals surface area (Å²) in [6, 6.07) is 71.3. The van der Waals surface area contributed by atoms with Crippen LogP contribution in [-0.4, -0.2) is 158 Å². The van der Waals surface area contributed by atoms with Crippen molar-refractivity contribution in [2.24, 2.45) is 0 Å². The molecule has 4 heterocycles. The minimum atomic E-state index is -4.31. The quantitative estimate of drug-likeness (QED) is 0.0131. The van der Waals surface area contributed by atoms with Crippen LogP contribution in [-0.2, 0) is 141 Å². The Balaban J connectivity index is 0.000000764. The fourth-order valence-corrected chi connectivity index (χ4v) is 10.7. The summed E-state index contributed by atoms with van der Waals surface area (Å²) in [6.45, 7) is 16.3. The van der Waals surface area contributed by atoms with Crippen LogP contribution in [0.15, 0.2) is 292 Å². The second kappa shape index (κ2) is 76.5. The van der Waals surface area contributed by atoms with Gasteiger partial charge in [0, 0.05) is 137 Å². The third kappa shape index (κ3) is 61.2. The number of halogens is 6. The van der Waals surface area contributed by atoms with Crippen LogP contribution in [0.2, 0.25) is 0 Å². The number of alkyl halides is 3. The van der Waals surface area contributed by atoms with Crippen molar-refractivity contribution in [1.29, 1.82) is 0 Å². The van der Waals surface area contributed by atoms with Crippen molar-refractivity contribution >= 4 is 76.9 Å². The average Bonchev–Trinajstić information content (AvgIpc) is 0.851. The van der Waals surface area contributed by atoms with Crippen LogP contribution in [0.3, 0.4) is 0 Å². The Morgan fingerprint density at radius 2 is 0.714 bits per heavy atom. The van der Waals surface area contributed by atoms with Crippen LogP contribution in [0, 0.1) is 31.3 Å². The minimum Gasteiger partial charge on any atom is -0.497 e. The second-order valence-electron chi connectivity index (χ2n) is 29.6. The number of pyridine rings is 4. The van der Waals surface area contributed by atoms with E-state index in [1.54, 1.807) is 130 Å². The van der Waals surface area contributed by atoms with Crippen LogP contribution in [0.4, 0.5) is 26.3 Å². The van der Waals surface area contributed by atoms with Gasteiger partial charge in [0.25, 0.3) is 0 Å². The fraction of sp³-hybridized carbons (Fsp3) is 0.231. The number of amides is 12. The topological polar surface area (TPSA) is 384 Å². The summed E-state index contributed by atoms with van der Waals surface area (Å²) in [6.07, 6.45) is 16.1. The first kappa shape index (κ1) is 121. The molecule has 0 aliphatic heterocycles. The largest absolute Gasteiger partial charge is 0.497 e. The molecular formula is C104H122F6N16O14. The summed E-state index contributed by atoms with van der Waals surface area (Å²) in [5.74, 6) is 0.803. The van der Waals surface area contributed by atoms with Crippen molar-refractivity contribution in [3.05, 3.63) is 393 Å². The SMILES string of the molecule is CC(C)(NC=O)c1ccc(F)cc1.CCN(C=O)Cc1ccncc1.CN(C=O)Cc1cccc(F)c1.CN(C=O)Cc1ccccn1.CN(C=O)Cc1ccncc1.COc1ccc(CNC=O)cc1.COc1cccc(CNC=O)c1.Cc1ccc(CNC=O)cc1.Cc1cccc(CNC=O)c1.O=CNCc1ccc(C(F)(F)F)cc1.O=CNCc1cccc(F)c1.O=CNCc1cccnc1. The Morgan fingerprint density at radius 1 is 0.321 bits per heavy atom. The zero-order valence-electron chi connectivity index (χ0n) is 79.7. The molecule has 0 spiro atoms. The summed E-state index contributed by atoms with van der Waals surface area (Å²) < 4.78 is 84.0. The van der Waals surface area contributed by atoms with Gasteiger partial charge in [-0.1, -0.05) is 145 Å². The molecule has 0 fully saturated rings. The number of nitrogens with zero attached hydrogens (tertiary/aromatic N) is 8. The maximum absolute atomic E-state index is 12.6. The molecule has 0 aliphatic carbocycles. The van der Waals surface area contributed by atoms with Gasteiger partial charge in [0.05, 0.1) is 37.6 Å². The summed E-state index contributed by atoms with van der Waals surface area (Å²) in [4.78, 5) is 143. The predicted octanol–water partition coefficient (Wildman–Crippen LogP) is 13.3. The summed E-state index contributed by atoms with van der Waals surface area (Å²) >= 11 is 0. The number of ether oxygens (including phenoxy) is 2. The number of hydrogen-bond acceptors (Lipinski definition) is 18. The highest BCUT2D eigenvalue weighted by Crippen LogP contribution is 2.29. The molecule has 744 valence electrons. The monoisotopic (exact) mass is 1930 g/mol. The Morgan fingerprint density at radius 3 is 1.12 bits per heavy atom.